The minimum absolute atomic E-state index is 0.708. The molecular weight excluding hydrogens is 232 g/mol. The van der Waals surface area contributed by atoms with Gasteiger partial charge in [0.15, 0.2) is 5.11 Å². The Balaban J connectivity index is 1.83. The van der Waals surface area contributed by atoms with Gasteiger partial charge in [-0.05, 0) is 43.8 Å². The molecule has 1 heterocycles. The number of rotatable bonds is 4. The number of ether oxygens (including phenoxy) is 1. The number of hydrogen-bond acceptors (Lipinski definition) is 2. The highest BCUT2D eigenvalue weighted by molar-refractivity contribution is 7.80. The summed E-state index contributed by atoms with van der Waals surface area (Å²) in [5.41, 5.74) is 0. The summed E-state index contributed by atoms with van der Waals surface area (Å²) >= 11 is 5.50. The Bertz CT molecular complexity index is 254. The van der Waals surface area contributed by atoms with Gasteiger partial charge in [-0.3, -0.25) is 0 Å². The zero-order chi connectivity index (χ0) is 12.1. The Morgan fingerprint density at radius 1 is 1.29 bits per heavy atom. The minimum Gasteiger partial charge on any atom is -0.383 e. The third kappa shape index (κ3) is 3.32. The number of nitrogens with zero attached hydrogens (tertiary/aromatic N) is 1. The number of likely N-dealkylation sites (tertiary alicyclic amines) is 1. The fourth-order valence-corrected chi connectivity index (χ4v) is 3.57. The molecule has 0 spiro atoms. The number of methoxy groups -OCH3 is 1. The summed E-state index contributed by atoms with van der Waals surface area (Å²) in [5.74, 6) is 0.889. The van der Waals surface area contributed by atoms with Gasteiger partial charge in [0.2, 0.25) is 0 Å². The molecule has 2 fully saturated rings. The first-order chi connectivity index (χ1) is 8.33. The largest absolute Gasteiger partial charge is 0.383 e. The second-order valence-electron chi connectivity index (χ2n) is 5.17. The SMILES string of the molecule is COCCNC(=S)N1CCCC1C1CCCC1. The van der Waals surface area contributed by atoms with Crippen LogP contribution < -0.4 is 5.32 Å². The van der Waals surface area contributed by atoms with E-state index < -0.39 is 0 Å². The molecule has 2 aliphatic rings. The lowest BCUT2D eigenvalue weighted by molar-refractivity contribution is 0.201. The topological polar surface area (TPSA) is 24.5 Å². The molecule has 0 bridgehead atoms. The maximum Gasteiger partial charge on any atom is 0.169 e. The van der Waals surface area contributed by atoms with E-state index in [4.69, 9.17) is 17.0 Å². The molecule has 1 N–H and O–H groups in total. The Labute approximate surface area is 110 Å². The van der Waals surface area contributed by atoms with Crippen LogP contribution in [-0.2, 0) is 4.74 Å². The quantitative estimate of drug-likeness (QED) is 0.615. The monoisotopic (exact) mass is 256 g/mol. The minimum atomic E-state index is 0.708. The highest BCUT2D eigenvalue weighted by Gasteiger charge is 2.34. The van der Waals surface area contributed by atoms with Crippen molar-refractivity contribution in [3.8, 4) is 0 Å². The molecular formula is C13H24N2OS. The van der Waals surface area contributed by atoms with Gasteiger partial charge in [0.25, 0.3) is 0 Å². The molecule has 98 valence electrons. The van der Waals surface area contributed by atoms with Crippen molar-refractivity contribution in [1.29, 1.82) is 0 Å². The van der Waals surface area contributed by atoms with Gasteiger partial charge >= 0.3 is 0 Å². The summed E-state index contributed by atoms with van der Waals surface area (Å²) < 4.78 is 5.04. The molecule has 17 heavy (non-hydrogen) atoms. The van der Waals surface area contributed by atoms with E-state index in [1.807, 2.05) is 0 Å². The van der Waals surface area contributed by atoms with Crippen LogP contribution in [0.3, 0.4) is 0 Å². The number of hydrogen-bond donors (Lipinski definition) is 1. The highest BCUT2D eigenvalue weighted by Crippen LogP contribution is 2.35. The highest BCUT2D eigenvalue weighted by atomic mass is 32.1. The van der Waals surface area contributed by atoms with Crippen LogP contribution in [0.4, 0.5) is 0 Å². The predicted octanol–water partition coefficient (Wildman–Crippen LogP) is 2.16. The zero-order valence-corrected chi connectivity index (χ0v) is 11.6. The van der Waals surface area contributed by atoms with Crippen LogP contribution in [0.25, 0.3) is 0 Å². The summed E-state index contributed by atoms with van der Waals surface area (Å²) in [5, 5.41) is 4.25. The van der Waals surface area contributed by atoms with Crippen LogP contribution >= 0.6 is 12.2 Å². The lowest BCUT2D eigenvalue weighted by Crippen LogP contribution is -2.45. The van der Waals surface area contributed by atoms with Gasteiger partial charge in [0, 0.05) is 26.2 Å². The summed E-state index contributed by atoms with van der Waals surface area (Å²) in [6, 6.07) is 0.708. The van der Waals surface area contributed by atoms with Crippen molar-refractivity contribution >= 4 is 17.3 Å². The van der Waals surface area contributed by atoms with E-state index in [-0.39, 0.29) is 0 Å². The van der Waals surface area contributed by atoms with E-state index in [0.717, 1.165) is 30.7 Å². The van der Waals surface area contributed by atoms with Crippen LogP contribution in [0, 0.1) is 5.92 Å². The Morgan fingerprint density at radius 3 is 2.76 bits per heavy atom. The average molecular weight is 256 g/mol. The fourth-order valence-electron chi connectivity index (χ4n) is 3.24. The van der Waals surface area contributed by atoms with Crippen LogP contribution in [-0.4, -0.2) is 42.9 Å². The smallest absolute Gasteiger partial charge is 0.169 e. The second-order valence-corrected chi connectivity index (χ2v) is 5.56. The van der Waals surface area contributed by atoms with Gasteiger partial charge in [-0.25, -0.2) is 0 Å². The maximum atomic E-state index is 5.50. The molecule has 1 atom stereocenters. The standard InChI is InChI=1S/C13H24N2OS/c1-16-10-8-14-13(17)15-9-4-7-12(15)11-5-2-3-6-11/h11-12H,2-10H2,1H3,(H,14,17). The van der Waals surface area contributed by atoms with Crippen LogP contribution in [0.15, 0.2) is 0 Å². The molecule has 1 saturated heterocycles. The van der Waals surface area contributed by atoms with Crippen molar-refractivity contribution in [3.63, 3.8) is 0 Å². The molecule has 0 aromatic rings. The van der Waals surface area contributed by atoms with Crippen molar-refractivity contribution in [1.82, 2.24) is 10.2 Å². The van der Waals surface area contributed by atoms with E-state index in [0.29, 0.717) is 6.04 Å². The van der Waals surface area contributed by atoms with Crippen molar-refractivity contribution in [2.75, 3.05) is 26.8 Å². The summed E-state index contributed by atoms with van der Waals surface area (Å²) in [6.45, 7) is 2.69. The van der Waals surface area contributed by atoms with Crippen molar-refractivity contribution < 1.29 is 4.74 Å². The summed E-state index contributed by atoms with van der Waals surface area (Å²) in [4.78, 5) is 2.43. The van der Waals surface area contributed by atoms with E-state index in [1.54, 1.807) is 7.11 Å². The van der Waals surface area contributed by atoms with Gasteiger partial charge in [0.05, 0.1) is 6.61 Å². The predicted molar refractivity (Wildman–Crippen MR) is 74.2 cm³/mol. The van der Waals surface area contributed by atoms with Crippen molar-refractivity contribution in [3.05, 3.63) is 0 Å². The maximum absolute atomic E-state index is 5.50. The molecule has 1 aliphatic carbocycles. The summed E-state index contributed by atoms with van der Waals surface area (Å²) in [6.07, 6.45) is 8.27. The van der Waals surface area contributed by atoms with Gasteiger partial charge in [-0.1, -0.05) is 12.8 Å². The lowest BCUT2D eigenvalue weighted by atomic mass is 9.96. The Hall–Kier alpha value is -0.350. The Kier molecular flexibility index (Phi) is 5.04. The third-order valence-electron chi connectivity index (χ3n) is 4.09. The molecule has 2 rings (SSSR count). The van der Waals surface area contributed by atoms with Gasteiger partial charge in [-0.15, -0.1) is 0 Å². The van der Waals surface area contributed by atoms with Crippen LogP contribution in [0.1, 0.15) is 38.5 Å². The van der Waals surface area contributed by atoms with Gasteiger partial charge < -0.3 is 15.0 Å². The first kappa shape index (κ1) is 13.1. The summed E-state index contributed by atoms with van der Waals surface area (Å²) in [7, 11) is 1.72. The third-order valence-corrected chi connectivity index (χ3v) is 4.47. The number of nitrogens with one attached hydrogen (secondary N) is 1. The zero-order valence-electron chi connectivity index (χ0n) is 10.8. The second kappa shape index (κ2) is 6.55. The van der Waals surface area contributed by atoms with Crippen LogP contribution in [0.2, 0.25) is 0 Å². The molecule has 1 saturated carbocycles. The molecule has 0 amide bonds. The molecule has 0 radical (unpaired) electrons. The lowest BCUT2D eigenvalue weighted by Gasteiger charge is -2.31. The molecule has 0 aromatic heterocycles. The first-order valence-corrected chi connectivity index (χ1v) is 7.27. The Morgan fingerprint density at radius 2 is 2.06 bits per heavy atom. The van der Waals surface area contributed by atoms with Gasteiger partial charge in [0.1, 0.15) is 0 Å². The normalized spacial score (nSPS) is 25.5. The van der Waals surface area contributed by atoms with Gasteiger partial charge in [-0.2, -0.15) is 0 Å². The van der Waals surface area contributed by atoms with E-state index >= 15 is 0 Å². The van der Waals surface area contributed by atoms with Crippen LogP contribution in [0.5, 0.6) is 0 Å². The molecule has 3 nitrogen and oxygen atoms in total. The molecule has 4 heteroatoms. The van der Waals surface area contributed by atoms with E-state index in [2.05, 4.69) is 10.2 Å². The van der Waals surface area contributed by atoms with Crippen molar-refractivity contribution in [2.45, 2.75) is 44.6 Å². The molecule has 1 aliphatic heterocycles. The average Bonchev–Trinajstić information content (AvgIpc) is 2.99. The van der Waals surface area contributed by atoms with Crippen molar-refractivity contribution in [2.24, 2.45) is 5.92 Å². The van der Waals surface area contributed by atoms with E-state index in [1.165, 1.54) is 38.5 Å². The van der Waals surface area contributed by atoms with E-state index in [9.17, 15) is 0 Å². The molecule has 0 aromatic carbocycles. The first-order valence-electron chi connectivity index (χ1n) is 6.86. The number of thiocarbonyl (C=S) groups is 1. The molecule has 1 unspecified atom stereocenters. The fraction of sp³-hybridized carbons (Fsp3) is 0.923.